The fourth-order valence-corrected chi connectivity index (χ4v) is 2.95. The summed E-state index contributed by atoms with van der Waals surface area (Å²) >= 11 is 0. The molecule has 1 aromatic heterocycles. The zero-order chi connectivity index (χ0) is 17.9. The lowest BCUT2D eigenvalue weighted by atomic mass is 9.82. The highest BCUT2D eigenvalue weighted by Crippen LogP contribution is 2.32. The highest BCUT2D eigenvalue weighted by Gasteiger charge is 2.36. The van der Waals surface area contributed by atoms with Gasteiger partial charge in [0, 0.05) is 25.6 Å². The maximum absolute atomic E-state index is 13.3. The van der Waals surface area contributed by atoms with E-state index in [-0.39, 0.29) is 16.9 Å². The average molecular weight is 344 g/mol. The first-order chi connectivity index (χ1) is 12.0. The second kappa shape index (κ2) is 6.98. The number of halogens is 1. The molecule has 2 heterocycles. The van der Waals surface area contributed by atoms with Gasteiger partial charge in [0.1, 0.15) is 5.82 Å². The van der Waals surface area contributed by atoms with E-state index in [0.717, 1.165) is 5.56 Å². The maximum atomic E-state index is 13.3. The number of carbonyl (C=O) groups is 2. The number of benzene rings is 1. The van der Waals surface area contributed by atoms with Crippen molar-refractivity contribution in [2.24, 2.45) is 0 Å². The first-order valence-corrected chi connectivity index (χ1v) is 7.85. The summed E-state index contributed by atoms with van der Waals surface area (Å²) in [6.45, 7) is 0.927. The molecule has 0 atom stereocenters. The van der Waals surface area contributed by atoms with E-state index < -0.39 is 17.4 Å². The zero-order valence-electron chi connectivity index (χ0n) is 13.4. The molecule has 7 heteroatoms. The van der Waals surface area contributed by atoms with E-state index in [4.69, 9.17) is 9.84 Å². The summed E-state index contributed by atoms with van der Waals surface area (Å²) in [5.74, 6) is -1.93. The van der Waals surface area contributed by atoms with Crippen molar-refractivity contribution in [3.63, 3.8) is 0 Å². The van der Waals surface area contributed by atoms with Crippen LogP contribution in [0.15, 0.2) is 42.7 Å². The molecule has 2 aromatic rings. The standard InChI is InChI=1S/C18H17FN2O4/c19-15-3-1-14(2-4-15)18(5-7-25-8-6-18)21-16(22)12-9-13(17(23)24)11-20-10-12/h1-4,9-11H,5-8H2,(H,21,22)(H,23,24). The highest BCUT2D eigenvalue weighted by molar-refractivity contribution is 5.97. The van der Waals surface area contributed by atoms with Crippen molar-refractivity contribution >= 4 is 11.9 Å². The van der Waals surface area contributed by atoms with Gasteiger partial charge in [0.15, 0.2) is 0 Å². The Labute approximate surface area is 143 Å². The van der Waals surface area contributed by atoms with Crippen molar-refractivity contribution in [2.75, 3.05) is 13.2 Å². The van der Waals surface area contributed by atoms with E-state index in [9.17, 15) is 14.0 Å². The third-order valence-electron chi connectivity index (χ3n) is 4.34. The lowest BCUT2D eigenvalue weighted by Crippen LogP contribution is -2.49. The minimum atomic E-state index is -1.15. The molecule has 1 fully saturated rings. The number of nitrogens with one attached hydrogen (secondary N) is 1. The van der Waals surface area contributed by atoms with Gasteiger partial charge in [0.05, 0.1) is 16.7 Å². The van der Waals surface area contributed by atoms with Gasteiger partial charge < -0.3 is 15.2 Å². The minimum absolute atomic E-state index is 0.0598. The molecule has 1 aliphatic rings. The number of pyridine rings is 1. The number of amides is 1. The summed E-state index contributed by atoms with van der Waals surface area (Å²) in [5, 5.41) is 12.0. The number of hydrogen-bond donors (Lipinski definition) is 2. The van der Waals surface area contributed by atoms with E-state index in [1.165, 1.54) is 30.6 Å². The van der Waals surface area contributed by atoms with Crippen LogP contribution in [0.4, 0.5) is 4.39 Å². The van der Waals surface area contributed by atoms with Crippen molar-refractivity contribution in [1.29, 1.82) is 0 Å². The van der Waals surface area contributed by atoms with Gasteiger partial charge in [-0.1, -0.05) is 12.1 Å². The summed E-state index contributed by atoms with van der Waals surface area (Å²) in [5.41, 5.74) is 0.193. The zero-order valence-corrected chi connectivity index (χ0v) is 13.4. The molecule has 1 aliphatic heterocycles. The molecule has 2 N–H and O–H groups in total. The molecule has 0 saturated carbocycles. The Balaban J connectivity index is 1.90. The number of ether oxygens (including phenoxy) is 1. The molecule has 3 rings (SSSR count). The second-order valence-corrected chi connectivity index (χ2v) is 5.92. The van der Waals surface area contributed by atoms with Crippen molar-refractivity contribution in [3.8, 4) is 0 Å². The Morgan fingerprint density at radius 3 is 2.40 bits per heavy atom. The molecule has 6 nitrogen and oxygen atoms in total. The maximum Gasteiger partial charge on any atom is 0.337 e. The van der Waals surface area contributed by atoms with Crippen LogP contribution in [-0.4, -0.2) is 35.2 Å². The second-order valence-electron chi connectivity index (χ2n) is 5.92. The quantitative estimate of drug-likeness (QED) is 0.889. The average Bonchev–Trinajstić information content (AvgIpc) is 2.63. The fourth-order valence-electron chi connectivity index (χ4n) is 2.95. The number of carboxylic acids is 1. The molecule has 0 spiro atoms. The van der Waals surface area contributed by atoms with Gasteiger partial charge >= 0.3 is 5.97 Å². The van der Waals surface area contributed by atoms with Crippen LogP contribution >= 0.6 is 0 Å². The lowest BCUT2D eigenvalue weighted by molar-refractivity contribution is 0.0345. The van der Waals surface area contributed by atoms with E-state index in [2.05, 4.69) is 10.3 Å². The van der Waals surface area contributed by atoms with Crippen molar-refractivity contribution in [2.45, 2.75) is 18.4 Å². The van der Waals surface area contributed by atoms with E-state index in [1.54, 1.807) is 12.1 Å². The minimum Gasteiger partial charge on any atom is -0.478 e. The molecule has 0 aliphatic carbocycles. The predicted octanol–water partition coefficient (Wildman–Crippen LogP) is 2.35. The molecule has 1 aromatic carbocycles. The van der Waals surface area contributed by atoms with Gasteiger partial charge in [-0.15, -0.1) is 0 Å². The lowest BCUT2D eigenvalue weighted by Gasteiger charge is -2.38. The smallest absolute Gasteiger partial charge is 0.337 e. The van der Waals surface area contributed by atoms with Crippen LogP contribution in [0.5, 0.6) is 0 Å². The van der Waals surface area contributed by atoms with Gasteiger partial charge in [-0.2, -0.15) is 0 Å². The molecule has 130 valence electrons. The Bertz CT molecular complexity index is 786. The van der Waals surface area contributed by atoms with Crippen molar-refractivity contribution < 1.29 is 23.8 Å². The number of aromatic nitrogens is 1. The van der Waals surface area contributed by atoms with Crippen molar-refractivity contribution in [3.05, 3.63) is 65.2 Å². The van der Waals surface area contributed by atoms with Crippen LogP contribution in [0, 0.1) is 5.82 Å². The number of carbonyl (C=O) groups excluding carboxylic acids is 1. The summed E-state index contributed by atoms with van der Waals surface area (Å²) in [6, 6.07) is 7.28. The molecule has 25 heavy (non-hydrogen) atoms. The highest BCUT2D eigenvalue weighted by atomic mass is 19.1. The molecular weight excluding hydrogens is 327 g/mol. The normalized spacial score (nSPS) is 16.2. The molecule has 0 radical (unpaired) electrons. The summed E-state index contributed by atoms with van der Waals surface area (Å²) < 4.78 is 18.6. The van der Waals surface area contributed by atoms with Gasteiger partial charge in [0.2, 0.25) is 0 Å². The van der Waals surface area contributed by atoms with Crippen LogP contribution in [0.1, 0.15) is 39.1 Å². The monoisotopic (exact) mass is 344 g/mol. The van der Waals surface area contributed by atoms with E-state index >= 15 is 0 Å². The van der Waals surface area contributed by atoms with E-state index in [1.807, 2.05) is 0 Å². The number of rotatable bonds is 4. The SMILES string of the molecule is O=C(O)c1cncc(C(=O)NC2(c3ccc(F)cc3)CCOCC2)c1. The summed E-state index contributed by atoms with van der Waals surface area (Å²) in [7, 11) is 0. The topological polar surface area (TPSA) is 88.5 Å². The van der Waals surface area contributed by atoms with Gasteiger partial charge in [-0.05, 0) is 36.6 Å². The third-order valence-corrected chi connectivity index (χ3v) is 4.34. The van der Waals surface area contributed by atoms with Crippen LogP contribution < -0.4 is 5.32 Å². The van der Waals surface area contributed by atoms with Crippen LogP contribution in [0.25, 0.3) is 0 Å². The van der Waals surface area contributed by atoms with Gasteiger partial charge in [0.25, 0.3) is 5.91 Å². The number of hydrogen-bond acceptors (Lipinski definition) is 4. The Kier molecular flexibility index (Phi) is 4.76. The summed E-state index contributed by atoms with van der Waals surface area (Å²) in [6.07, 6.45) is 3.58. The Morgan fingerprint density at radius 2 is 1.76 bits per heavy atom. The van der Waals surface area contributed by atoms with Crippen molar-refractivity contribution in [1.82, 2.24) is 10.3 Å². The molecule has 1 saturated heterocycles. The molecule has 0 bridgehead atoms. The fraction of sp³-hybridized carbons (Fsp3) is 0.278. The molecule has 1 amide bonds. The van der Waals surface area contributed by atoms with Gasteiger partial charge in [-0.25, -0.2) is 9.18 Å². The first kappa shape index (κ1) is 17.0. The van der Waals surface area contributed by atoms with Crippen LogP contribution in [-0.2, 0) is 10.3 Å². The Morgan fingerprint density at radius 1 is 1.12 bits per heavy atom. The number of aromatic carboxylic acids is 1. The molecular formula is C18H17FN2O4. The predicted molar refractivity (Wildman–Crippen MR) is 86.8 cm³/mol. The third kappa shape index (κ3) is 3.66. The Hall–Kier alpha value is -2.80. The number of carboxylic acid groups (broad SMARTS) is 1. The number of nitrogens with zero attached hydrogens (tertiary/aromatic N) is 1. The first-order valence-electron chi connectivity index (χ1n) is 7.85. The van der Waals surface area contributed by atoms with Crippen LogP contribution in [0.2, 0.25) is 0 Å². The van der Waals surface area contributed by atoms with E-state index in [0.29, 0.717) is 26.1 Å². The summed E-state index contributed by atoms with van der Waals surface area (Å²) in [4.78, 5) is 27.5. The van der Waals surface area contributed by atoms with Gasteiger partial charge in [-0.3, -0.25) is 9.78 Å². The largest absolute Gasteiger partial charge is 0.478 e. The molecule has 0 unspecified atom stereocenters. The van der Waals surface area contributed by atoms with Crippen LogP contribution in [0.3, 0.4) is 0 Å².